The molecule has 0 fully saturated rings. The molecule has 3 aromatic rings. The summed E-state index contributed by atoms with van der Waals surface area (Å²) in [6.07, 6.45) is 5.82. The average Bonchev–Trinajstić information content (AvgIpc) is 2.80. The zero-order chi connectivity index (χ0) is 22.7. The molecule has 0 spiro atoms. The zero-order valence-corrected chi connectivity index (χ0v) is 18.3. The Morgan fingerprint density at radius 3 is 2.62 bits per heavy atom. The largest absolute Gasteiger partial charge is 0.462 e. The van der Waals surface area contributed by atoms with E-state index in [0.717, 1.165) is 36.9 Å². The number of anilines is 1. The summed E-state index contributed by atoms with van der Waals surface area (Å²) < 4.78 is 6.35. The van der Waals surface area contributed by atoms with Crippen LogP contribution in [0.1, 0.15) is 60.8 Å². The minimum Gasteiger partial charge on any atom is -0.462 e. The Kier molecular flexibility index (Phi) is 6.30. The lowest BCUT2D eigenvalue weighted by molar-refractivity contribution is -0.119. The van der Waals surface area contributed by atoms with Crippen molar-refractivity contribution in [1.29, 1.82) is 0 Å². The van der Waals surface area contributed by atoms with E-state index >= 15 is 0 Å². The maximum absolute atomic E-state index is 13.2. The molecule has 1 unspecified atom stereocenters. The number of carbonyl (C=O) groups excluding carboxylic acids is 2. The van der Waals surface area contributed by atoms with Crippen molar-refractivity contribution in [2.45, 2.75) is 52.0 Å². The predicted octanol–water partition coefficient (Wildman–Crippen LogP) is 3.44. The third-order valence-electron chi connectivity index (χ3n) is 5.74. The quantitative estimate of drug-likeness (QED) is 0.596. The maximum Gasteiger partial charge on any atom is 0.338 e. The van der Waals surface area contributed by atoms with Crippen molar-refractivity contribution < 1.29 is 14.3 Å². The number of hydrogen-bond acceptors (Lipinski definition) is 6. The monoisotopic (exact) mass is 434 g/mol. The summed E-state index contributed by atoms with van der Waals surface area (Å²) in [5.74, 6) is -0.744. The lowest BCUT2D eigenvalue weighted by Gasteiger charge is -2.19. The third-order valence-corrected chi connectivity index (χ3v) is 5.74. The molecule has 1 aliphatic rings. The zero-order valence-electron chi connectivity index (χ0n) is 18.3. The van der Waals surface area contributed by atoms with Gasteiger partial charge >= 0.3 is 5.97 Å². The van der Waals surface area contributed by atoms with E-state index in [2.05, 4.69) is 15.3 Å². The van der Waals surface area contributed by atoms with Crippen LogP contribution in [-0.2, 0) is 22.4 Å². The van der Waals surface area contributed by atoms with Gasteiger partial charge in [0.2, 0.25) is 5.91 Å². The highest BCUT2D eigenvalue weighted by Gasteiger charge is 2.22. The topological polar surface area (TPSA) is 103 Å². The number of carbonyl (C=O) groups is 2. The first kappa shape index (κ1) is 21.7. The van der Waals surface area contributed by atoms with Crippen molar-refractivity contribution >= 4 is 28.6 Å². The van der Waals surface area contributed by atoms with Crippen molar-refractivity contribution in [3.8, 4) is 0 Å². The molecule has 8 nitrogen and oxygen atoms in total. The summed E-state index contributed by atoms with van der Waals surface area (Å²) in [6.45, 7) is 3.88. The third kappa shape index (κ3) is 4.26. The molecule has 0 radical (unpaired) electrons. The van der Waals surface area contributed by atoms with Crippen LogP contribution in [0, 0.1) is 0 Å². The van der Waals surface area contributed by atoms with Crippen LogP contribution >= 0.6 is 0 Å². The van der Waals surface area contributed by atoms with Crippen molar-refractivity contribution in [1.82, 2.24) is 14.5 Å². The number of hydrogen-bond donors (Lipinski definition) is 1. The predicted molar refractivity (Wildman–Crippen MR) is 121 cm³/mol. The van der Waals surface area contributed by atoms with Gasteiger partial charge in [-0.05, 0) is 74.9 Å². The van der Waals surface area contributed by atoms with E-state index < -0.39 is 12.0 Å². The number of nitrogens with one attached hydrogen (secondary N) is 1. The summed E-state index contributed by atoms with van der Waals surface area (Å²) in [5, 5.41) is 3.26. The van der Waals surface area contributed by atoms with Crippen molar-refractivity contribution in [2.24, 2.45) is 0 Å². The molecular formula is C24H26N4O4. The highest BCUT2D eigenvalue weighted by molar-refractivity contribution is 5.95. The molecule has 166 valence electrons. The second-order valence-electron chi connectivity index (χ2n) is 7.84. The first-order valence-electron chi connectivity index (χ1n) is 11.0. The Hall–Kier alpha value is -3.55. The van der Waals surface area contributed by atoms with Crippen LogP contribution in [0.25, 0.3) is 11.0 Å². The molecule has 8 heteroatoms. The van der Waals surface area contributed by atoms with Crippen molar-refractivity contribution in [2.75, 3.05) is 11.9 Å². The van der Waals surface area contributed by atoms with Crippen LogP contribution in [-0.4, -0.2) is 33.0 Å². The number of pyridine rings is 1. The number of amides is 1. The molecule has 32 heavy (non-hydrogen) atoms. The Labute approximate surface area is 185 Å². The Bertz CT molecular complexity index is 1220. The van der Waals surface area contributed by atoms with Gasteiger partial charge in [-0.2, -0.15) is 0 Å². The minimum absolute atomic E-state index is 0.268. The molecule has 1 N–H and O–H groups in total. The van der Waals surface area contributed by atoms with Crippen molar-refractivity contribution in [3.05, 3.63) is 63.8 Å². The van der Waals surface area contributed by atoms with E-state index in [-0.39, 0.29) is 11.5 Å². The van der Waals surface area contributed by atoms with Gasteiger partial charge in [0.05, 0.1) is 17.6 Å². The van der Waals surface area contributed by atoms with Crippen LogP contribution in [0.2, 0.25) is 0 Å². The van der Waals surface area contributed by atoms with Crippen molar-refractivity contribution in [3.63, 3.8) is 0 Å². The number of fused-ring (bicyclic) bond motifs is 2. The molecule has 1 amide bonds. The van der Waals surface area contributed by atoms with Gasteiger partial charge < -0.3 is 10.1 Å². The molecule has 1 aliphatic carbocycles. The number of ether oxygens (including phenoxy) is 1. The highest BCUT2D eigenvalue weighted by atomic mass is 16.5. The van der Waals surface area contributed by atoms with E-state index in [1.165, 1.54) is 10.9 Å². The second-order valence-corrected chi connectivity index (χ2v) is 7.84. The lowest BCUT2D eigenvalue weighted by atomic mass is 9.95. The molecule has 0 aliphatic heterocycles. The van der Waals surface area contributed by atoms with Gasteiger partial charge in [-0.1, -0.05) is 6.92 Å². The average molecular weight is 434 g/mol. The van der Waals surface area contributed by atoms with Gasteiger partial charge in [-0.25, -0.2) is 14.8 Å². The van der Waals surface area contributed by atoms with Gasteiger partial charge in [0.1, 0.15) is 12.4 Å². The van der Waals surface area contributed by atoms with E-state index in [1.807, 2.05) is 13.0 Å². The van der Waals surface area contributed by atoms with E-state index in [4.69, 9.17) is 4.74 Å². The van der Waals surface area contributed by atoms with E-state index in [0.29, 0.717) is 35.3 Å². The van der Waals surface area contributed by atoms with Gasteiger partial charge in [0, 0.05) is 11.4 Å². The molecular weight excluding hydrogens is 408 g/mol. The minimum atomic E-state index is -0.722. The standard InChI is InChI=1S/C24H26N4O4/c1-3-20(22(29)26-17-11-9-15(10-12-17)24(31)32-4-2)28-14-25-21-18(23(28)30)13-16-7-5-6-8-19(16)27-21/h9-14,20H,3-8H2,1-2H3,(H,26,29). The van der Waals surface area contributed by atoms with Crippen LogP contribution in [0.4, 0.5) is 5.69 Å². The smallest absolute Gasteiger partial charge is 0.338 e. The van der Waals surface area contributed by atoms with Gasteiger partial charge in [0.25, 0.3) is 5.56 Å². The molecule has 2 heterocycles. The number of aromatic nitrogens is 3. The van der Waals surface area contributed by atoms with Gasteiger partial charge in [0.15, 0.2) is 5.65 Å². The molecule has 1 aromatic carbocycles. The fourth-order valence-corrected chi connectivity index (χ4v) is 4.05. The lowest BCUT2D eigenvalue weighted by Crippen LogP contribution is -2.33. The summed E-state index contributed by atoms with van der Waals surface area (Å²) in [4.78, 5) is 46.9. The number of benzene rings is 1. The fourth-order valence-electron chi connectivity index (χ4n) is 4.05. The SMILES string of the molecule is CCOC(=O)c1ccc(NC(=O)C(CC)n2cnc3nc4c(cc3c2=O)CCCC4)cc1. The van der Waals surface area contributed by atoms with E-state index in [1.54, 1.807) is 31.2 Å². The highest BCUT2D eigenvalue weighted by Crippen LogP contribution is 2.22. The molecule has 4 rings (SSSR count). The Balaban J connectivity index is 1.59. The van der Waals surface area contributed by atoms with Crippen LogP contribution in [0.3, 0.4) is 0 Å². The Morgan fingerprint density at radius 2 is 1.91 bits per heavy atom. The van der Waals surface area contributed by atoms with Crippen LogP contribution in [0.15, 0.2) is 41.5 Å². The summed E-state index contributed by atoms with van der Waals surface area (Å²) in [7, 11) is 0. The number of rotatable bonds is 6. The summed E-state index contributed by atoms with van der Waals surface area (Å²) in [5.41, 5.74) is 3.21. The molecule has 1 atom stereocenters. The first-order chi connectivity index (χ1) is 15.5. The molecule has 0 saturated heterocycles. The second kappa shape index (κ2) is 9.30. The maximum atomic E-state index is 13.2. The molecule has 2 aromatic heterocycles. The Morgan fingerprint density at radius 1 is 1.16 bits per heavy atom. The molecule has 0 saturated carbocycles. The number of esters is 1. The number of aryl methyl sites for hydroxylation is 2. The summed E-state index contributed by atoms with van der Waals surface area (Å²) in [6, 6.07) is 7.62. The summed E-state index contributed by atoms with van der Waals surface area (Å²) >= 11 is 0. The van der Waals surface area contributed by atoms with Gasteiger partial charge in [-0.15, -0.1) is 0 Å². The van der Waals surface area contributed by atoms with E-state index in [9.17, 15) is 14.4 Å². The van der Waals surface area contributed by atoms with Crippen LogP contribution in [0.5, 0.6) is 0 Å². The first-order valence-corrected chi connectivity index (χ1v) is 11.0. The fraction of sp³-hybridized carbons (Fsp3) is 0.375. The molecule has 0 bridgehead atoms. The van der Waals surface area contributed by atoms with Gasteiger partial charge in [-0.3, -0.25) is 14.2 Å². The number of nitrogens with zero attached hydrogens (tertiary/aromatic N) is 3. The normalized spacial score (nSPS) is 13.9. The van der Waals surface area contributed by atoms with Crippen LogP contribution < -0.4 is 10.9 Å².